The van der Waals surface area contributed by atoms with Crippen LogP contribution in [0.5, 0.6) is 0 Å². The molecule has 6 heteroatoms. The lowest BCUT2D eigenvalue weighted by Gasteiger charge is -2.37. The number of thioether (sulfide) groups is 1. The molecule has 0 bridgehead atoms. The van der Waals surface area contributed by atoms with Gasteiger partial charge in [-0.3, -0.25) is 14.2 Å². The van der Waals surface area contributed by atoms with Gasteiger partial charge in [0.1, 0.15) is 12.4 Å². The summed E-state index contributed by atoms with van der Waals surface area (Å²) >= 11 is 1.75. The summed E-state index contributed by atoms with van der Waals surface area (Å²) in [6.45, 7) is 1.72. The highest BCUT2D eigenvalue weighted by atomic mass is 32.2. The Morgan fingerprint density at radius 2 is 1.71 bits per heavy atom. The van der Waals surface area contributed by atoms with E-state index in [0.717, 1.165) is 21.9 Å². The largest absolute Gasteiger partial charge is 0.301 e. The van der Waals surface area contributed by atoms with Crippen molar-refractivity contribution in [2.75, 3.05) is 10.7 Å². The molecule has 1 aliphatic rings. The van der Waals surface area contributed by atoms with Crippen molar-refractivity contribution in [3.63, 3.8) is 0 Å². The molecule has 1 aliphatic heterocycles. The molecule has 3 aromatic carbocycles. The quantitative estimate of drug-likeness (QED) is 0.480. The number of aromatic nitrogens is 2. The Bertz CT molecular complexity index is 1330. The van der Waals surface area contributed by atoms with E-state index in [1.807, 2.05) is 65.6 Å². The number of anilines is 1. The van der Waals surface area contributed by atoms with E-state index in [-0.39, 0.29) is 24.1 Å². The van der Waals surface area contributed by atoms with E-state index in [4.69, 9.17) is 0 Å². The summed E-state index contributed by atoms with van der Waals surface area (Å²) in [5.41, 5.74) is 2.43. The molecule has 1 aromatic heterocycles. The van der Waals surface area contributed by atoms with Crippen LogP contribution in [0, 0.1) is 6.92 Å². The van der Waals surface area contributed by atoms with Gasteiger partial charge in [-0.2, -0.15) is 0 Å². The minimum absolute atomic E-state index is 0.0508. The summed E-state index contributed by atoms with van der Waals surface area (Å²) < 4.78 is 1.48. The Hall–Kier alpha value is -3.38. The van der Waals surface area contributed by atoms with Crippen LogP contribution in [0.2, 0.25) is 0 Å². The summed E-state index contributed by atoms with van der Waals surface area (Å²) in [7, 11) is 0. The molecule has 1 atom stereocenters. The number of hydrogen-bond acceptors (Lipinski definition) is 4. The maximum Gasteiger partial charge on any atom is 0.261 e. The molecular weight excluding hydrogens is 406 g/mol. The van der Waals surface area contributed by atoms with E-state index in [9.17, 15) is 9.59 Å². The number of fused-ring (bicyclic) bond motifs is 2. The Kier molecular flexibility index (Phi) is 5.08. The Balaban J connectivity index is 1.58. The average molecular weight is 428 g/mol. The van der Waals surface area contributed by atoms with Gasteiger partial charge in [-0.1, -0.05) is 54.6 Å². The molecule has 31 heavy (non-hydrogen) atoms. The SMILES string of the molecule is Cc1nc2ccccc2c(=O)n1CC(=O)N1c2ccccc2SC[C@H]1c1ccccc1. The second kappa shape index (κ2) is 8.04. The van der Waals surface area contributed by atoms with Gasteiger partial charge in [0.2, 0.25) is 5.91 Å². The molecule has 5 rings (SSSR count). The monoisotopic (exact) mass is 427 g/mol. The van der Waals surface area contributed by atoms with E-state index in [0.29, 0.717) is 16.7 Å². The van der Waals surface area contributed by atoms with Crippen LogP contribution in [0.3, 0.4) is 0 Å². The number of para-hydroxylation sites is 2. The van der Waals surface area contributed by atoms with Gasteiger partial charge in [0.15, 0.2) is 0 Å². The van der Waals surface area contributed by atoms with Crippen LogP contribution >= 0.6 is 11.8 Å². The minimum Gasteiger partial charge on any atom is -0.301 e. The number of rotatable bonds is 3. The molecular formula is C25H21N3O2S. The third-order valence-electron chi connectivity index (χ3n) is 5.63. The zero-order valence-electron chi connectivity index (χ0n) is 17.1. The number of carbonyl (C=O) groups excluding carboxylic acids is 1. The maximum atomic E-state index is 13.7. The second-order valence-corrected chi connectivity index (χ2v) is 8.60. The van der Waals surface area contributed by atoms with E-state index in [1.54, 1.807) is 24.8 Å². The van der Waals surface area contributed by atoms with Crippen LogP contribution in [0.4, 0.5) is 5.69 Å². The summed E-state index contributed by atoms with van der Waals surface area (Å²) in [6, 6.07) is 25.2. The molecule has 0 unspecified atom stereocenters. The van der Waals surface area contributed by atoms with Crippen molar-refractivity contribution in [3.8, 4) is 0 Å². The van der Waals surface area contributed by atoms with Gasteiger partial charge in [-0.25, -0.2) is 4.98 Å². The molecule has 4 aromatic rings. The van der Waals surface area contributed by atoms with Crippen LogP contribution in [0.25, 0.3) is 10.9 Å². The number of amides is 1. The van der Waals surface area contributed by atoms with Gasteiger partial charge in [-0.05, 0) is 36.8 Å². The Labute approximate surface area is 184 Å². The van der Waals surface area contributed by atoms with Crippen molar-refractivity contribution in [3.05, 3.63) is 101 Å². The molecule has 0 N–H and O–H groups in total. The van der Waals surface area contributed by atoms with Crippen LogP contribution in [0.1, 0.15) is 17.4 Å². The third-order valence-corrected chi connectivity index (χ3v) is 6.77. The molecule has 0 radical (unpaired) electrons. The first-order valence-electron chi connectivity index (χ1n) is 10.2. The molecule has 5 nitrogen and oxygen atoms in total. The standard InChI is InChI=1S/C25H21N3O2S/c1-17-26-20-12-6-5-11-19(20)25(30)27(17)15-24(29)28-21-13-7-8-14-23(21)31-16-22(28)18-9-3-2-4-10-18/h2-14,22H,15-16H2,1H3/t22-/m0/s1. The Morgan fingerprint density at radius 3 is 2.55 bits per heavy atom. The fraction of sp³-hybridized carbons (Fsp3) is 0.160. The van der Waals surface area contributed by atoms with Gasteiger partial charge in [0.25, 0.3) is 5.56 Å². The number of hydrogen-bond donors (Lipinski definition) is 0. The molecule has 154 valence electrons. The van der Waals surface area contributed by atoms with Crippen LogP contribution in [0.15, 0.2) is 88.6 Å². The highest BCUT2D eigenvalue weighted by Crippen LogP contribution is 2.43. The van der Waals surface area contributed by atoms with Gasteiger partial charge < -0.3 is 4.90 Å². The topological polar surface area (TPSA) is 55.2 Å². The molecule has 0 saturated heterocycles. The van der Waals surface area contributed by atoms with Crippen molar-refractivity contribution in [1.29, 1.82) is 0 Å². The lowest BCUT2D eigenvalue weighted by Crippen LogP contribution is -2.42. The zero-order chi connectivity index (χ0) is 21.4. The smallest absolute Gasteiger partial charge is 0.261 e. The highest BCUT2D eigenvalue weighted by Gasteiger charge is 2.32. The predicted molar refractivity (Wildman–Crippen MR) is 125 cm³/mol. The van der Waals surface area contributed by atoms with E-state index < -0.39 is 0 Å². The van der Waals surface area contributed by atoms with Crippen molar-refractivity contribution < 1.29 is 4.79 Å². The normalized spacial score (nSPS) is 15.6. The zero-order valence-corrected chi connectivity index (χ0v) is 17.9. The first-order valence-corrected chi connectivity index (χ1v) is 11.2. The van der Waals surface area contributed by atoms with Crippen molar-refractivity contribution >= 4 is 34.3 Å². The first kappa shape index (κ1) is 19.6. The lowest BCUT2D eigenvalue weighted by molar-refractivity contribution is -0.119. The lowest BCUT2D eigenvalue weighted by atomic mass is 10.1. The fourth-order valence-electron chi connectivity index (χ4n) is 4.09. The highest BCUT2D eigenvalue weighted by molar-refractivity contribution is 7.99. The van der Waals surface area contributed by atoms with Crippen molar-refractivity contribution in [2.45, 2.75) is 24.4 Å². The molecule has 0 fully saturated rings. The average Bonchev–Trinajstić information content (AvgIpc) is 2.81. The maximum absolute atomic E-state index is 13.7. The van der Waals surface area contributed by atoms with Gasteiger partial charge >= 0.3 is 0 Å². The van der Waals surface area contributed by atoms with Gasteiger partial charge in [-0.15, -0.1) is 11.8 Å². The third kappa shape index (κ3) is 3.53. The molecule has 0 saturated carbocycles. The van der Waals surface area contributed by atoms with E-state index in [1.165, 1.54) is 4.57 Å². The van der Waals surface area contributed by atoms with Crippen LogP contribution < -0.4 is 10.5 Å². The van der Waals surface area contributed by atoms with Gasteiger partial charge in [0, 0.05) is 10.6 Å². The second-order valence-electron chi connectivity index (χ2n) is 7.54. The minimum atomic E-state index is -0.188. The molecule has 2 heterocycles. The van der Waals surface area contributed by atoms with Crippen LogP contribution in [-0.2, 0) is 11.3 Å². The summed E-state index contributed by atoms with van der Waals surface area (Å²) in [5, 5.41) is 0.523. The van der Waals surface area contributed by atoms with Crippen molar-refractivity contribution in [2.24, 2.45) is 0 Å². The molecule has 1 amide bonds. The first-order chi connectivity index (χ1) is 15.1. The summed E-state index contributed by atoms with van der Waals surface area (Å²) in [4.78, 5) is 34.3. The van der Waals surface area contributed by atoms with E-state index in [2.05, 4.69) is 17.1 Å². The number of benzene rings is 3. The molecule has 0 spiro atoms. The van der Waals surface area contributed by atoms with Crippen molar-refractivity contribution in [1.82, 2.24) is 9.55 Å². The summed E-state index contributed by atoms with van der Waals surface area (Å²) in [6.07, 6.45) is 0. The van der Waals surface area contributed by atoms with Crippen LogP contribution in [-0.4, -0.2) is 21.2 Å². The predicted octanol–water partition coefficient (Wildman–Crippen LogP) is 4.59. The molecule has 0 aliphatic carbocycles. The number of carbonyl (C=O) groups is 1. The summed E-state index contributed by atoms with van der Waals surface area (Å²) in [5.74, 6) is 1.17. The number of aryl methyl sites for hydroxylation is 1. The number of nitrogens with zero attached hydrogens (tertiary/aromatic N) is 3. The Morgan fingerprint density at radius 1 is 1.00 bits per heavy atom. The van der Waals surface area contributed by atoms with E-state index >= 15 is 0 Å². The fourth-order valence-corrected chi connectivity index (χ4v) is 5.26. The van der Waals surface area contributed by atoms with Gasteiger partial charge in [0.05, 0.1) is 22.6 Å².